The average Bonchev–Trinajstić information content (AvgIpc) is 2.84. The van der Waals surface area contributed by atoms with Crippen LogP contribution in [0.2, 0.25) is 0 Å². The summed E-state index contributed by atoms with van der Waals surface area (Å²) < 4.78 is 69.0. The number of halogens is 3. The quantitative estimate of drug-likeness (QED) is 0.439. The van der Waals surface area contributed by atoms with Crippen molar-refractivity contribution in [3.05, 3.63) is 82.5 Å². The summed E-state index contributed by atoms with van der Waals surface area (Å²) in [7, 11) is -2.21. The van der Waals surface area contributed by atoms with Crippen LogP contribution in [0.5, 0.6) is 5.75 Å². The monoisotopic (exact) mass is 535 g/mol. The minimum Gasteiger partial charge on any atom is -0.496 e. The van der Waals surface area contributed by atoms with E-state index in [0.717, 1.165) is 17.9 Å². The molecule has 3 rings (SSSR count). The van der Waals surface area contributed by atoms with Crippen LogP contribution in [0.15, 0.2) is 54.6 Å². The predicted molar refractivity (Wildman–Crippen MR) is 134 cm³/mol. The van der Waals surface area contributed by atoms with Gasteiger partial charge in [-0.25, -0.2) is 13.4 Å². The van der Waals surface area contributed by atoms with E-state index in [1.165, 1.54) is 19.2 Å². The highest BCUT2D eigenvalue weighted by Gasteiger charge is 2.33. The predicted octanol–water partition coefficient (Wildman–Crippen LogP) is 4.51. The molecule has 3 N–H and O–H groups in total. The van der Waals surface area contributed by atoms with Gasteiger partial charge in [-0.2, -0.15) is 13.2 Å². The van der Waals surface area contributed by atoms with Crippen molar-refractivity contribution in [3.8, 4) is 17.0 Å². The van der Waals surface area contributed by atoms with E-state index < -0.39 is 38.9 Å². The highest BCUT2D eigenvalue weighted by Crippen LogP contribution is 2.33. The molecule has 0 bridgehead atoms. The van der Waals surface area contributed by atoms with Gasteiger partial charge in [0, 0.05) is 23.9 Å². The lowest BCUT2D eigenvalue weighted by atomic mass is 9.97. The van der Waals surface area contributed by atoms with Crippen LogP contribution < -0.4 is 15.8 Å². The number of nitrogens with two attached hydrogens (primary N) is 1. The average molecular weight is 536 g/mol. The first-order valence-electron chi connectivity index (χ1n) is 11.3. The number of pyridine rings is 1. The first-order chi connectivity index (χ1) is 17.2. The zero-order valence-corrected chi connectivity index (χ0v) is 21.6. The van der Waals surface area contributed by atoms with Gasteiger partial charge in [-0.1, -0.05) is 42.0 Å². The summed E-state index contributed by atoms with van der Waals surface area (Å²) in [6, 6.07) is 13.8. The third-order valence-electron chi connectivity index (χ3n) is 5.93. The van der Waals surface area contributed by atoms with Gasteiger partial charge < -0.3 is 15.8 Å². The Kier molecular flexibility index (Phi) is 8.28. The van der Waals surface area contributed by atoms with Gasteiger partial charge in [0.15, 0.2) is 9.84 Å². The SMILES string of the molecule is COc1cc(C(C)C(=O)NCc2ccc(C(F)(F)F)nc2-c2cccc(C)c2)ccc1C(N)S(C)(=O)=O. The van der Waals surface area contributed by atoms with Crippen LogP contribution >= 0.6 is 0 Å². The van der Waals surface area contributed by atoms with E-state index in [2.05, 4.69) is 10.3 Å². The van der Waals surface area contributed by atoms with Crippen LogP contribution in [-0.2, 0) is 27.4 Å². The molecule has 0 aliphatic heterocycles. The van der Waals surface area contributed by atoms with E-state index in [1.54, 1.807) is 37.3 Å². The van der Waals surface area contributed by atoms with Crippen molar-refractivity contribution in [2.45, 2.75) is 37.9 Å². The van der Waals surface area contributed by atoms with E-state index in [9.17, 15) is 26.4 Å². The van der Waals surface area contributed by atoms with Crippen LogP contribution in [0.4, 0.5) is 13.2 Å². The number of carbonyl (C=O) groups is 1. The second-order valence-electron chi connectivity index (χ2n) is 8.76. The van der Waals surface area contributed by atoms with Crippen LogP contribution in [0.25, 0.3) is 11.3 Å². The minimum absolute atomic E-state index is 0.0498. The largest absolute Gasteiger partial charge is 0.496 e. The maximum atomic E-state index is 13.3. The summed E-state index contributed by atoms with van der Waals surface area (Å²) in [4.78, 5) is 16.8. The van der Waals surface area contributed by atoms with E-state index in [0.29, 0.717) is 16.7 Å². The Bertz CT molecular complexity index is 1410. The number of nitrogens with zero attached hydrogens (tertiary/aromatic N) is 1. The van der Waals surface area contributed by atoms with Crippen LogP contribution in [0.1, 0.15) is 46.2 Å². The fourth-order valence-corrected chi connectivity index (χ4v) is 4.44. The smallest absolute Gasteiger partial charge is 0.433 e. The normalized spacial score (nSPS) is 13.6. The van der Waals surface area contributed by atoms with Crippen LogP contribution in [0, 0.1) is 6.92 Å². The molecule has 0 radical (unpaired) electrons. The fourth-order valence-electron chi connectivity index (χ4n) is 3.78. The molecular weight excluding hydrogens is 507 g/mol. The Morgan fingerprint density at radius 2 is 1.84 bits per heavy atom. The molecule has 198 valence electrons. The Morgan fingerprint density at radius 3 is 2.43 bits per heavy atom. The summed E-state index contributed by atoms with van der Waals surface area (Å²) in [5, 5.41) is 1.47. The van der Waals surface area contributed by atoms with Gasteiger partial charge in [0.1, 0.15) is 16.8 Å². The molecule has 2 aromatic carbocycles. The Morgan fingerprint density at radius 1 is 1.14 bits per heavy atom. The standard InChI is InChI=1S/C26H28F3N3O4S/c1-15-6-5-7-18(12-15)23-19(9-11-22(32-23)26(27,28)29)14-31-25(33)16(2)17-8-10-20(21(13-17)36-3)24(30)37(4,34)35/h5-13,16,24H,14,30H2,1-4H3,(H,31,33). The number of benzene rings is 2. The summed E-state index contributed by atoms with van der Waals surface area (Å²) in [5.41, 5.74) is 7.53. The molecular formula is C26H28F3N3O4S. The van der Waals surface area contributed by atoms with Crippen molar-refractivity contribution in [2.75, 3.05) is 13.4 Å². The van der Waals surface area contributed by atoms with Gasteiger partial charge in [-0.3, -0.25) is 4.79 Å². The summed E-state index contributed by atoms with van der Waals surface area (Å²) in [5.74, 6) is -0.844. The maximum Gasteiger partial charge on any atom is 0.433 e. The Hall–Kier alpha value is -3.44. The van der Waals surface area contributed by atoms with E-state index >= 15 is 0 Å². The number of carbonyl (C=O) groups excluding carboxylic acids is 1. The maximum absolute atomic E-state index is 13.3. The van der Waals surface area contributed by atoms with Crippen LogP contribution in [0.3, 0.4) is 0 Å². The number of hydrogen-bond acceptors (Lipinski definition) is 6. The fraction of sp³-hybridized carbons (Fsp3) is 0.308. The zero-order chi connectivity index (χ0) is 27.5. The lowest BCUT2D eigenvalue weighted by Crippen LogP contribution is -2.28. The molecule has 0 saturated carbocycles. The molecule has 1 aromatic heterocycles. The number of sulfone groups is 1. The second kappa shape index (κ2) is 10.9. The third kappa shape index (κ3) is 6.66. The lowest BCUT2D eigenvalue weighted by molar-refractivity contribution is -0.141. The molecule has 0 aliphatic rings. The Balaban J connectivity index is 1.86. The summed E-state index contributed by atoms with van der Waals surface area (Å²) in [6.45, 7) is 3.42. The molecule has 11 heteroatoms. The molecule has 0 fully saturated rings. The van der Waals surface area contributed by atoms with E-state index in [1.807, 2.05) is 13.0 Å². The molecule has 0 saturated heterocycles. The molecule has 37 heavy (non-hydrogen) atoms. The van der Waals surface area contributed by atoms with Gasteiger partial charge in [0.25, 0.3) is 0 Å². The number of alkyl halides is 3. The topological polar surface area (TPSA) is 111 Å². The van der Waals surface area contributed by atoms with Gasteiger partial charge in [-0.05, 0) is 43.2 Å². The molecule has 0 aliphatic carbocycles. The first-order valence-corrected chi connectivity index (χ1v) is 13.2. The second-order valence-corrected chi connectivity index (χ2v) is 10.9. The van der Waals surface area contributed by atoms with Gasteiger partial charge >= 0.3 is 6.18 Å². The number of aromatic nitrogens is 1. The molecule has 7 nitrogen and oxygen atoms in total. The summed E-state index contributed by atoms with van der Waals surface area (Å²) >= 11 is 0. The number of nitrogens with one attached hydrogen (secondary N) is 1. The van der Waals surface area contributed by atoms with E-state index in [4.69, 9.17) is 10.5 Å². The van der Waals surface area contributed by atoms with Crippen LogP contribution in [-0.4, -0.2) is 32.7 Å². The van der Waals surface area contributed by atoms with Gasteiger partial charge in [-0.15, -0.1) is 0 Å². The van der Waals surface area contributed by atoms with Crippen molar-refractivity contribution in [2.24, 2.45) is 5.73 Å². The molecule has 3 aromatic rings. The highest BCUT2D eigenvalue weighted by molar-refractivity contribution is 7.90. The number of rotatable bonds is 8. The number of amides is 1. The number of hydrogen-bond donors (Lipinski definition) is 2. The molecule has 1 heterocycles. The van der Waals surface area contributed by atoms with Crippen molar-refractivity contribution in [1.82, 2.24) is 10.3 Å². The molecule has 2 atom stereocenters. The lowest BCUT2D eigenvalue weighted by Gasteiger charge is -2.18. The summed E-state index contributed by atoms with van der Waals surface area (Å²) in [6.07, 6.45) is -3.60. The third-order valence-corrected chi connectivity index (χ3v) is 7.11. The van der Waals surface area contributed by atoms with E-state index in [-0.39, 0.29) is 23.6 Å². The highest BCUT2D eigenvalue weighted by atomic mass is 32.2. The Labute approximate surface area is 213 Å². The molecule has 1 amide bonds. The van der Waals surface area contributed by atoms with Crippen molar-refractivity contribution in [3.63, 3.8) is 0 Å². The number of aryl methyl sites for hydroxylation is 1. The number of methoxy groups -OCH3 is 1. The molecule has 0 spiro atoms. The minimum atomic E-state index is -4.61. The first kappa shape index (κ1) is 28.1. The number of ether oxygens (including phenoxy) is 1. The van der Waals surface area contributed by atoms with Gasteiger partial charge in [0.2, 0.25) is 5.91 Å². The van der Waals surface area contributed by atoms with Crippen molar-refractivity contribution >= 4 is 15.7 Å². The van der Waals surface area contributed by atoms with Gasteiger partial charge in [0.05, 0.1) is 18.7 Å². The van der Waals surface area contributed by atoms with Crippen molar-refractivity contribution in [1.29, 1.82) is 0 Å². The zero-order valence-electron chi connectivity index (χ0n) is 20.8. The van der Waals surface area contributed by atoms with Crippen molar-refractivity contribution < 1.29 is 31.1 Å². The molecule has 2 unspecified atom stereocenters.